The highest BCUT2D eigenvalue weighted by Crippen LogP contribution is 2.25. The first kappa shape index (κ1) is 13.9. The maximum absolute atomic E-state index is 12.1. The molecular weight excluding hydrogens is 242 g/mol. The van der Waals surface area contributed by atoms with Crippen LogP contribution in [0.4, 0.5) is 0 Å². The van der Waals surface area contributed by atoms with Crippen LogP contribution < -0.4 is 10.1 Å². The number of hydrogen-bond donors (Lipinski definition) is 2. The largest absolute Gasteiger partial charge is 0.493 e. The maximum atomic E-state index is 12.1. The molecule has 4 nitrogen and oxygen atoms in total. The second kappa shape index (κ2) is 6.57. The Morgan fingerprint density at radius 2 is 2.37 bits per heavy atom. The molecule has 1 atom stereocenters. The zero-order valence-corrected chi connectivity index (χ0v) is 11.3. The predicted molar refractivity (Wildman–Crippen MR) is 73.5 cm³/mol. The summed E-state index contributed by atoms with van der Waals surface area (Å²) in [5.41, 5.74) is 1.79. The fourth-order valence-electron chi connectivity index (χ4n) is 2.30. The van der Waals surface area contributed by atoms with Gasteiger partial charge in [0, 0.05) is 25.1 Å². The van der Waals surface area contributed by atoms with Gasteiger partial charge in [-0.15, -0.1) is 0 Å². The molecule has 1 aromatic rings. The van der Waals surface area contributed by atoms with E-state index >= 15 is 0 Å². The van der Waals surface area contributed by atoms with Crippen LogP contribution in [0.25, 0.3) is 0 Å². The first-order chi connectivity index (χ1) is 9.24. The Hall–Kier alpha value is -1.55. The third-order valence-corrected chi connectivity index (χ3v) is 3.62. The van der Waals surface area contributed by atoms with E-state index in [1.54, 1.807) is 6.07 Å². The smallest absolute Gasteiger partial charge is 0.251 e. The van der Waals surface area contributed by atoms with E-state index in [1.807, 2.05) is 12.1 Å². The van der Waals surface area contributed by atoms with Crippen molar-refractivity contribution < 1.29 is 14.6 Å². The first-order valence-corrected chi connectivity index (χ1v) is 6.89. The molecule has 1 amide bonds. The SMILES string of the molecule is CCC(CCO)CNC(=O)c1ccc2c(c1)CCO2. The maximum Gasteiger partial charge on any atom is 0.251 e. The Balaban J connectivity index is 1.92. The molecule has 1 aliphatic heterocycles. The Bertz CT molecular complexity index is 445. The summed E-state index contributed by atoms with van der Waals surface area (Å²) in [5.74, 6) is 1.18. The van der Waals surface area contributed by atoms with Crippen molar-refractivity contribution in [3.05, 3.63) is 29.3 Å². The lowest BCUT2D eigenvalue weighted by molar-refractivity contribution is 0.0943. The molecule has 2 rings (SSSR count). The third-order valence-electron chi connectivity index (χ3n) is 3.62. The predicted octanol–water partition coefficient (Wildman–Crippen LogP) is 1.76. The number of ether oxygens (including phenoxy) is 1. The summed E-state index contributed by atoms with van der Waals surface area (Å²) in [6.45, 7) is 3.56. The van der Waals surface area contributed by atoms with Gasteiger partial charge in [0.05, 0.1) is 6.61 Å². The molecule has 0 spiro atoms. The minimum Gasteiger partial charge on any atom is -0.493 e. The molecule has 0 bridgehead atoms. The van der Waals surface area contributed by atoms with Crippen LogP contribution in [0.5, 0.6) is 5.75 Å². The summed E-state index contributed by atoms with van der Waals surface area (Å²) < 4.78 is 5.42. The van der Waals surface area contributed by atoms with Gasteiger partial charge in [0.1, 0.15) is 5.75 Å². The Morgan fingerprint density at radius 3 is 3.11 bits per heavy atom. The van der Waals surface area contributed by atoms with Crippen LogP contribution in [-0.2, 0) is 6.42 Å². The molecule has 2 N–H and O–H groups in total. The minimum atomic E-state index is -0.0499. The standard InChI is InChI=1S/C15H21NO3/c1-2-11(5-7-17)10-16-15(18)13-3-4-14-12(9-13)6-8-19-14/h3-4,9,11,17H,2,5-8,10H2,1H3,(H,16,18). The topological polar surface area (TPSA) is 58.6 Å². The molecule has 0 aromatic heterocycles. The van der Waals surface area contributed by atoms with Gasteiger partial charge >= 0.3 is 0 Å². The Kier molecular flexibility index (Phi) is 4.80. The van der Waals surface area contributed by atoms with Gasteiger partial charge in [0.25, 0.3) is 5.91 Å². The van der Waals surface area contributed by atoms with Gasteiger partial charge in [-0.05, 0) is 36.1 Å². The van der Waals surface area contributed by atoms with E-state index in [4.69, 9.17) is 9.84 Å². The monoisotopic (exact) mass is 263 g/mol. The van der Waals surface area contributed by atoms with E-state index < -0.39 is 0 Å². The molecule has 4 heteroatoms. The second-order valence-electron chi connectivity index (χ2n) is 4.92. The van der Waals surface area contributed by atoms with Crippen molar-refractivity contribution in [3.8, 4) is 5.75 Å². The Morgan fingerprint density at radius 1 is 1.53 bits per heavy atom. The van der Waals surface area contributed by atoms with Crippen LogP contribution in [0.3, 0.4) is 0 Å². The number of rotatable bonds is 6. The quantitative estimate of drug-likeness (QED) is 0.822. The number of nitrogens with one attached hydrogen (secondary N) is 1. The van der Waals surface area contributed by atoms with Gasteiger partial charge in [0.2, 0.25) is 0 Å². The Labute approximate surface area is 113 Å². The molecule has 1 aliphatic rings. The van der Waals surface area contributed by atoms with Crippen molar-refractivity contribution >= 4 is 5.91 Å². The van der Waals surface area contributed by atoms with Crippen LogP contribution in [0, 0.1) is 5.92 Å². The zero-order valence-electron chi connectivity index (χ0n) is 11.3. The van der Waals surface area contributed by atoms with E-state index in [2.05, 4.69) is 12.2 Å². The summed E-state index contributed by atoms with van der Waals surface area (Å²) in [6.07, 6.45) is 2.56. The molecule has 1 heterocycles. The lowest BCUT2D eigenvalue weighted by Gasteiger charge is -2.14. The third kappa shape index (κ3) is 3.47. The lowest BCUT2D eigenvalue weighted by atomic mass is 10.0. The van der Waals surface area contributed by atoms with Crippen molar-refractivity contribution in [2.45, 2.75) is 26.2 Å². The van der Waals surface area contributed by atoms with Gasteiger partial charge in [-0.25, -0.2) is 0 Å². The van der Waals surface area contributed by atoms with Crippen molar-refractivity contribution in [1.82, 2.24) is 5.32 Å². The van der Waals surface area contributed by atoms with Crippen molar-refractivity contribution in [1.29, 1.82) is 0 Å². The summed E-state index contributed by atoms with van der Waals surface area (Å²) in [7, 11) is 0. The summed E-state index contributed by atoms with van der Waals surface area (Å²) in [4.78, 5) is 12.1. The average Bonchev–Trinajstić information content (AvgIpc) is 2.90. The molecule has 1 aromatic carbocycles. The first-order valence-electron chi connectivity index (χ1n) is 6.89. The molecular formula is C15H21NO3. The van der Waals surface area contributed by atoms with Crippen LogP contribution in [0.15, 0.2) is 18.2 Å². The average molecular weight is 263 g/mol. The number of aliphatic hydroxyl groups excluding tert-OH is 1. The summed E-state index contributed by atoms with van der Waals surface area (Å²) in [5, 5.41) is 11.9. The number of aliphatic hydroxyl groups is 1. The molecule has 0 aliphatic carbocycles. The zero-order chi connectivity index (χ0) is 13.7. The molecule has 19 heavy (non-hydrogen) atoms. The fourth-order valence-corrected chi connectivity index (χ4v) is 2.30. The molecule has 104 valence electrons. The molecule has 0 fully saturated rings. The van der Waals surface area contributed by atoms with Crippen LogP contribution >= 0.6 is 0 Å². The van der Waals surface area contributed by atoms with Gasteiger partial charge in [-0.2, -0.15) is 0 Å². The molecule has 1 unspecified atom stereocenters. The van der Waals surface area contributed by atoms with Gasteiger partial charge < -0.3 is 15.2 Å². The van der Waals surface area contributed by atoms with Crippen molar-refractivity contribution in [2.24, 2.45) is 5.92 Å². The van der Waals surface area contributed by atoms with E-state index in [1.165, 1.54) is 0 Å². The minimum absolute atomic E-state index is 0.0499. The number of benzene rings is 1. The number of carbonyl (C=O) groups excluding carboxylic acids is 1. The fraction of sp³-hybridized carbons (Fsp3) is 0.533. The highest BCUT2D eigenvalue weighted by Gasteiger charge is 2.15. The van der Waals surface area contributed by atoms with E-state index in [0.717, 1.165) is 30.6 Å². The highest BCUT2D eigenvalue weighted by atomic mass is 16.5. The van der Waals surface area contributed by atoms with E-state index in [-0.39, 0.29) is 12.5 Å². The highest BCUT2D eigenvalue weighted by molar-refractivity contribution is 5.94. The number of hydrogen-bond acceptors (Lipinski definition) is 3. The molecule has 0 radical (unpaired) electrons. The lowest BCUT2D eigenvalue weighted by Crippen LogP contribution is -2.29. The van der Waals surface area contributed by atoms with Crippen LogP contribution in [0.2, 0.25) is 0 Å². The number of carbonyl (C=O) groups is 1. The van der Waals surface area contributed by atoms with E-state index in [9.17, 15) is 4.79 Å². The number of amides is 1. The van der Waals surface area contributed by atoms with Gasteiger partial charge in [0.15, 0.2) is 0 Å². The van der Waals surface area contributed by atoms with Gasteiger partial charge in [-0.3, -0.25) is 4.79 Å². The van der Waals surface area contributed by atoms with E-state index in [0.29, 0.717) is 24.6 Å². The molecule has 0 saturated carbocycles. The molecule has 0 saturated heterocycles. The normalized spacial score (nSPS) is 14.6. The van der Waals surface area contributed by atoms with Crippen LogP contribution in [0.1, 0.15) is 35.7 Å². The summed E-state index contributed by atoms with van der Waals surface area (Å²) >= 11 is 0. The second-order valence-corrected chi connectivity index (χ2v) is 4.92. The van der Waals surface area contributed by atoms with Crippen molar-refractivity contribution in [2.75, 3.05) is 19.8 Å². The van der Waals surface area contributed by atoms with Crippen LogP contribution in [-0.4, -0.2) is 30.8 Å². The van der Waals surface area contributed by atoms with Gasteiger partial charge in [-0.1, -0.05) is 13.3 Å². The number of fused-ring (bicyclic) bond motifs is 1. The van der Waals surface area contributed by atoms with Crippen molar-refractivity contribution in [3.63, 3.8) is 0 Å². The summed E-state index contributed by atoms with van der Waals surface area (Å²) in [6, 6.07) is 5.57.